The lowest BCUT2D eigenvalue weighted by Gasteiger charge is -2.18. The third-order valence-electron chi connectivity index (χ3n) is 3.74. The molecule has 1 aliphatic rings. The molecular weight excluding hydrogens is 340 g/mol. The van der Waals surface area contributed by atoms with Crippen LogP contribution in [0.15, 0.2) is 66.9 Å². The molecule has 124 valence electrons. The predicted molar refractivity (Wildman–Crippen MR) is 94.2 cm³/mol. The van der Waals surface area contributed by atoms with Gasteiger partial charge >= 0.3 is 5.97 Å². The number of nitrogens with one attached hydrogen (secondary N) is 1. The maximum absolute atomic E-state index is 12.5. The lowest BCUT2D eigenvalue weighted by molar-refractivity contribution is -0.0494. The zero-order valence-electron chi connectivity index (χ0n) is 13.0. The van der Waals surface area contributed by atoms with E-state index in [2.05, 4.69) is 10.3 Å². The summed E-state index contributed by atoms with van der Waals surface area (Å²) in [6, 6.07) is 17.5. The summed E-state index contributed by atoms with van der Waals surface area (Å²) < 4.78 is 11.5. The van der Waals surface area contributed by atoms with Gasteiger partial charge in [-0.15, -0.1) is 0 Å². The highest BCUT2D eigenvalue weighted by molar-refractivity contribution is 6.30. The highest BCUT2D eigenvalue weighted by Crippen LogP contribution is 2.38. The molecule has 1 aliphatic heterocycles. The van der Waals surface area contributed by atoms with E-state index in [4.69, 9.17) is 21.1 Å². The Morgan fingerprint density at radius 2 is 2.00 bits per heavy atom. The summed E-state index contributed by atoms with van der Waals surface area (Å²) in [6.45, 7) is 0. The first-order valence-electron chi connectivity index (χ1n) is 7.65. The second-order valence-electron chi connectivity index (χ2n) is 5.43. The van der Waals surface area contributed by atoms with Crippen molar-refractivity contribution in [2.75, 3.05) is 5.32 Å². The van der Waals surface area contributed by atoms with E-state index < -0.39 is 12.3 Å². The Morgan fingerprint density at radius 3 is 2.88 bits per heavy atom. The summed E-state index contributed by atoms with van der Waals surface area (Å²) in [6.07, 6.45) is 0.738. The van der Waals surface area contributed by atoms with Crippen LogP contribution in [0.25, 0.3) is 0 Å². The van der Waals surface area contributed by atoms with Gasteiger partial charge < -0.3 is 14.8 Å². The number of fused-ring (bicyclic) bond motifs is 2. The van der Waals surface area contributed by atoms with Crippen LogP contribution >= 0.6 is 11.6 Å². The second-order valence-corrected chi connectivity index (χ2v) is 5.86. The average Bonchev–Trinajstić information content (AvgIpc) is 2.78. The van der Waals surface area contributed by atoms with Crippen molar-refractivity contribution in [3.05, 3.63) is 83.0 Å². The van der Waals surface area contributed by atoms with Gasteiger partial charge in [0, 0.05) is 11.2 Å². The SMILES string of the molecule is O=C(OC1Oc2ccccc2Nc2ncccc21)c1cccc(Cl)c1. The number of esters is 1. The van der Waals surface area contributed by atoms with Crippen LogP contribution in [0, 0.1) is 0 Å². The number of halogens is 1. The first-order valence-corrected chi connectivity index (χ1v) is 8.03. The molecule has 0 fully saturated rings. The first-order chi connectivity index (χ1) is 12.2. The number of carbonyl (C=O) groups excluding carboxylic acids is 1. The Bertz CT molecular complexity index is 945. The third kappa shape index (κ3) is 3.14. The molecule has 1 aromatic heterocycles. The monoisotopic (exact) mass is 352 g/mol. The number of nitrogens with zero attached hydrogens (tertiary/aromatic N) is 1. The van der Waals surface area contributed by atoms with Crippen LogP contribution in [0.3, 0.4) is 0 Å². The van der Waals surface area contributed by atoms with Gasteiger partial charge in [-0.05, 0) is 42.5 Å². The van der Waals surface area contributed by atoms with Crippen molar-refractivity contribution in [3.63, 3.8) is 0 Å². The molecule has 0 saturated heterocycles. The van der Waals surface area contributed by atoms with Crippen molar-refractivity contribution < 1.29 is 14.3 Å². The number of hydrogen-bond donors (Lipinski definition) is 1. The fourth-order valence-corrected chi connectivity index (χ4v) is 2.75. The molecule has 0 saturated carbocycles. The summed E-state index contributed by atoms with van der Waals surface area (Å²) in [7, 11) is 0. The fourth-order valence-electron chi connectivity index (χ4n) is 2.56. The highest BCUT2D eigenvalue weighted by Gasteiger charge is 2.27. The first kappa shape index (κ1) is 15.5. The number of anilines is 2. The van der Waals surface area contributed by atoms with Crippen LogP contribution in [-0.2, 0) is 4.74 Å². The van der Waals surface area contributed by atoms with Gasteiger partial charge in [-0.25, -0.2) is 9.78 Å². The zero-order chi connectivity index (χ0) is 17.2. The number of rotatable bonds is 2. The van der Waals surface area contributed by atoms with Gasteiger partial charge in [0.05, 0.1) is 16.8 Å². The Morgan fingerprint density at radius 1 is 1.12 bits per heavy atom. The minimum absolute atomic E-state index is 0.354. The van der Waals surface area contributed by atoms with E-state index in [0.29, 0.717) is 27.7 Å². The van der Waals surface area contributed by atoms with Gasteiger partial charge in [0.2, 0.25) is 0 Å². The minimum Gasteiger partial charge on any atom is -0.448 e. The van der Waals surface area contributed by atoms with Gasteiger partial charge in [0.1, 0.15) is 11.6 Å². The van der Waals surface area contributed by atoms with Crippen molar-refractivity contribution >= 4 is 29.1 Å². The van der Waals surface area contributed by atoms with Gasteiger partial charge in [0.25, 0.3) is 6.29 Å². The van der Waals surface area contributed by atoms with E-state index >= 15 is 0 Å². The summed E-state index contributed by atoms with van der Waals surface area (Å²) in [4.78, 5) is 16.8. The molecular formula is C19H13ClN2O3. The van der Waals surface area contributed by atoms with E-state index in [0.717, 1.165) is 5.69 Å². The molecule has 2 heterocycles. The second kappa shape index (κ2) is 6.45. The summed E-state index contributed by atoms with van der Waals surface area (Å²) in [5.41, 5.74) is 1.74. The predicted octanol–water partition coefficient (Wildman–Crippen LogP) is 4.73. The van der Waals surface area contributed by atoms with Crippen molar-refractivity contribution in [2.45, 2.75) is 6.29 Å². The number of para-hydroxylation sites is 2. The van der Waals surface area contributed by atoms with Crippen molar-refractivity contribution in [3.8, 4) is 5.75 Å². The molecule has 5 nitrogen and oxygen atoms in total. The molecule has 0 spiro atoms. The largest absolute Gasteiger partial charge is 0.448 e. The summed E-state index contributed by atoms with van der Waals surface area (Å²) in [5.74, 6) is 0.627. The molecule has 2 aromatic carbocycles. The Labute approximate surface area is 149 Å². The van der Waals surface area contributed by atoms with Crippen LogP contribution in [0.4, 0.5) is 11.5 Å². The van der Waals surface area contributed by atoms with Crippen molar-refractivity contribution in [2.24, 2.45) is 0 Å². The molecule has 0 radical (unpaired) electrons. The normalized spacial score (nSPS) is 15.0. The molecule has 0 bridgehead atoms. The molecule has 4 rings (SSSR count). The van der Waals surface area contributed by atoms with Gasteiger partial charge in [0.15, 0.2) is 0 Å². The van der Waals surface area contributed by atoms with Gasteiger partial charge in [-0.3, -0.25) is 0 Å². The number of hydrogen-bond acceptors (Lipinski definition) is 5. The Balaban J connectivity index is 1.69. The molecule has 0 amide bonds. The molecule has 25 heavy (non-hydrogen) atoms. The average molecular weight is 353 g/mol. The van der Waals surface area contributed by atoms with Crippen molar-refractivity contribution in [1.82, 2.24) is 4.98 Å². The van der Waals surface area contributed by atoms with Crippen molar-refractivity contribution in [1.29, 1.82) is 0 Å². The third-order valence-corrected chi connectivity index (χ3v) is 3.98. The summed E-state index contributed by atoms with van der Waals surface area (Å²) in [5, 5.41) is 3.67. The van der Waals surface area contributed by atoms with Gasteiger partial charge in [-0.2, -0.15) is 0 Å². The van der Waals surface area contributed by atoms with E-state index in [1.807, 2.05) is 18.2 Å². The fraction of sp³-hybridized carbons (Fsp3) is 0.0526. The van der Waals surface area contributed by atoms with Crippen LogP contribution in [0.1, 0.15) is 22.2 Å². The Hall–Kier alpha value is -3.05. The number of carbonyl (C=O) groups is 1. The molecule has 1 unspecified atom stereocenters. The number of aromatic nitrogens is 1. The van der Waals surface area contributed by atoms with Crippen LogP contribution in [0.2, 0.25) is 5.02 Å². The quantitative estimate of drug-likeness (QED) is 0.676. The minimum atomic E-state index is -0.925. The van der Waals surface area contributed by atoms with E-state index in [9.17, 15) is 4.79 Å². The van der Waals surface area contributed by atoms with E-state index in [-0.39, 0.29) is 0 Å². The van der Waals surface area contributed by atoms with E-state index in [1.54, 1.807) is 48.7 Å². The summed E-state index contributed by atoms with van der Waals surface area (Å²) >= 11 is 5.95. The van der Waals surface area contributed by atoms with Crippen LogP contribution in [0.5, 0.6) is 5.75 Å². The standard InChI is InChI=1S/C19H13ClN2O3/c20-13-6-3-5-12(11-13)18(23)25-19-14-7-4-10-21-17(14)22-15-8-1-2-9-16(15)24-19/h1-11,19H,(H,21,22). The van der Waals surface area contributed by atoms with E-state index in [1.165, 1.54) is 0 Å². The Kier molecular flexibility index (Phi) is 3.99. The van der Waals surface area contributed by atoms with Gasteiger partial charge in [-0.1, -0.05) is 29.8 Å². The smallest absolute Gasteiger partial charge is 0.341 e. The lowest BCUT2D eigenvalue weighted by atomic mass is 10.2. The lowest BCUT2D eigenvalue weighted by Crippen LogP contribution is -2.17. The molecule has 3 aromatic rings. The molecule has 1 atom stereocenters. The maximum atomic E-state index is 12.5. The number of pyridine rings is 1. The topological polar surface area (TPSA) is 60.5 Å². The number of ether oxygens (including phenoxy) is 2. The number of benzene rings is 2. The molecule has 6 heteroatoms. The molecule has 1 N–H and O–H groups in total. The maximum Gasteiger partial charge on any atom is 0.341 e. The van der Waals surface area contributed by atoms with Crippen LogP contribution < -0.4 is 10.1 Å². The highest BCUT2D eigenvalue weighted by atomic mass is 35.5. The van der Waals surface area contributed by atoms with Crippen LogP contribution in [-0.4, -0.2) is 11.0 Å². The zero-order valence-corrected chi connectivity index (χ0v) is 13.7. The molecule has 0 aliphatic carbocycles.